The average molecular weight is 1210 g/mol. The number of carboxylic acids is 1. The summed E-state index contributed by atoms with van der Waals surface area (Å²) in [6.45, 7) is 0.557. The van der Waals surface area contributed by atoms with Gasteiger partial charge in [0, 0.05) is 48.8 Å². The fourth-order valence-electron chi connectivity index (χ4n) is 8.31. The molecule has 0 bridgehead atoms. The lowest BCUT2D eigenvalue weighted by atomic mass is 10.1. The Labute approximate surface area is 499 Å². The van der Waals surface area contributed by atoms with Gasteiger partial charge in [0.25, 0.3) is 23.6 Å². The first-order valence-corrected chi connectivity index (χ1v) is 26.8. The summed E-state index contributed by atoms with van der Waals surface area (Å²) in [5.41, 5.74) is 27.6. The molecule has 468 valence electrons. The molecule has 0 radical (unpaired) electrons. The van der Waals surface area contributed by atoms with Gasteiger partial charge in [0.2, 0.25) is 23.6 Å². The van der Waals surface area contributed by atoms with E-state index in [4.69, 9.17) is 63.8 Å². The van der Waals surface area contributed by atoms with Crippen LogP contribution in [0.1, 0.15) is 92.8 Å². The maximum atomic E-state index is 14.3. The van der Waals surface area contributed by atoms with E-state index in [0.717, 1.165) is 0 Å². The van der Waals surface area contributed by atoms with Gasteiger partial charge in [0.15, 0.2) is 17.9 Å². The van der Waals surface area contributed by atoms with Crippen LogP contribution >= 0.6 is 0 Å². The van der Waals surface area contributed by atoms with E-state index in [0.29, 0.717) is 13.0 Å². The Hall–Kier alpha value is -10.9. The van der Waals surface area contributed by atoms with Gasteiger partial charge in [-0.2, -0.15) is 0 Å². The van der Waals surface area contributed by atoms with Gasteiger partial charge in [-0.25, -0.2) is 0 Å². The number of aliphatic carboxylic acids is 1. The molecular formula is C55H74N18O14. The fraction of sp³-hybridized carbons (Fsp3) is 0.345. The van der Waals surface area contributed by atoms with E-state index in [1.807, 2.05) is 0 Å². The van der Waals surface area contributed by atoms with Crippen LogP contribution in [-0.2, 0) is 24.0 Å². The first kappa shape index (κ1) is 68.6. The molecule has 32 nitrogen and oxygen atoms in total. The van der Waals surface area contributed by atoms with Crippen molar-refractivity contribution in [2.24, 2.45) is 28.7 Å². The van der Waals surface area contributed by atoms with Gasteiger partial charge in [-0.15, -0.1) is 0 Å². The SMILES string of the molecule is COc1ccc(NC(=O)[C@H](CCC(=O)O)NC(=O)c2cc(NC(=O)[C@H](CCCNC(=N)N)NC(=O)c3cc(NC(=O)[C@H](CCCNC(=N)N)NC(=O)c4cc(NC(=O)[C@@H](N)CCCNC(=N)N)ccc4OC)ccc3OC)ccc2OC)cc1C(N)=O. The van der Waals surface area contributed by atoms with Crippen molar-refractivity contribution in [2.75, 3.05) is 69.3 Å². The fourth-order valence-corrected chi connectivity index (χ4v) is 8.31. The molecule has 24 N–H and O–H groups in total. The number of amides is 8. The predicted molar refractivity (Wildman–Crippen MR) is 321 cm³/mol. The molecule has 0 aliphatic carbocycles. The molecule has 4 aromatic rings. The van der Waals surface area contributed by atoms with Crippen molar-refractivity contribution in [3.05, 3.63) is 95.1 Å². The largest absolute Gasteiger partial charge is 0.496 e. The van der Waals surface area contributed by atoms with E-state index in [-0.39, 0.29) is 137 Å². The molecule has 87 heavy (non-hydrogen) atoms. The van der Waals surface area contributed by atoms with E-state index in [2.05, 4.69) is 53.2 Å². The lowest BCUT2D eigenvalue weighted by molar-refractivity contribution is -0.137. The molecule has 0 saturated heterocycles. The van der Waals surface area contributed by atoms with Crippen molar-refractivity contribution < 1.29 is 67.2 Å². The summed E-state index contributed by atoms with van der Waals surface area (Å²) in [6, 6.07) is 11.2. The van der Waals surface area contributed by atoms with Gasteiger partial charge in [-0.1, -0.05) is 0 Å². The van der Waals surface area contributed by atoms with Crippen LogP contribution in [0.15, 0.2) is 72.8 Å². The van der Waals surface area contributed by atoms with Crippen LogP contribution in [0.25, 0.3) is 0 Å². The van der Waals surface area contributed by atoms with Crippen LogP contribution in [0, 0.1) is 16.2 Å². The Morgan fingerprint density at radius 2 is 0.724 bits per heavy atom. The molecule has 0 fully saturated rings. The van der Waals surface area contributed by atoms with Crippen LogP contribution in [0.5, 0.6) is 23.0 Å². The van der Waals surface area contributed by atoms with E-state index in [9.17, 15) is 48.3 Å². The average Bonchev–Trinajstić information content (AvgIpc) is 3.25. The predicted octanol–water partition coefficient (Wildman–Crippen LogP) is -0.0484. The topological polar surface area (TPSA) is 533 Å². The lowest BCUT2D eigenvalue weighted by Crippen LogP contribution is -2.45. The lowest BCUT2D eigenvalue weighted by Gasteiger charge is -2.22. The van der Waals surface area contributed by atoms with E-state index < -0.39 is 83.8 Å². The van der Waals surface area contributed by atoms with Crippen molar-refractivity contribution >= 4 is 93.9 Å². The molecule has 0 aliphatic heterocycles. The smallest absolute Gasteiger partial charge is 0.303 e. The monoisotopic (exact) mass is 1210 g/mol. The van der Waals surface area contributed by atoms with Crippen molar-refractivity contribution in [1.82, 2.24) is 31.9 Å². The second-order valence-corrected chi connectivity index (χ2v) is 19.0. The van der Waals surface area contributed by atoms with E-state index in [1.54, 1.807) is 0 Å². The number of carbonyl (C=O) groups excluding carboxylic acids is 8. The van der Waals surface area contributed by atoms with Crippen molar-refractivity contribution in [3.8, 4) is 23.0 Å². The first-order valence-electron chi connectivity index (χ1n) is 26.8. The highest BCUT2D eigenvalue weighted by Gasteiger charge is 2.29. The summed E-state index contributed by atoms with van der Waals surface area (Å²) < 4.78 is 21.5. The van der Waals surface area contributed by atoms with Crippen molar-refractivity contribution in [2.45, 2.75) is 75.5 Å². The van der Waals surface area contributed by atoms with Crippen molar-refractivity contribution in [1.29, 1.82) is 16.2 Å². The van der Waals surface area contributed by atoms with Crippen LogP contribution in [0.3, 0.4) is 0 Å². The molecule has 4 atom stereocenters. The van der Waals surface area contributed by atoms with Gasteiger partial charge >= 0.3 is 5.97 Å². The Morgan fingerprint density at radius 3 is 1.02 bits per heavy atom. The molecule has 0 aliphatic rings. The number of nitrogens with one attached hydrogen (secondary N) is 13. The zero-order valence-electron chi connectivity index (χ0n) is 48.2. The minimum absolute atomic E-state index is 0.00212. The minimum atomic E-state index is -1.47. The highest BCUT2D eigenvalue weighted by Crippen LogP contribution is 2.28. The molecule has 8 amide bonds. The normalized spacial score (nSPS) is 11.9. The van der Waals surface area contributed by atoms with Crippen LogP contribution in [-0.4, -0.2) is 148 Å². The zero-order valence-corrected chi connectivity index (χ0v) is 48.2. The van der Waals surface area contributed by atoms with Gasteiger partial charge in [0.1, 0.15) is 41.1 Å². The summed E-state index contributed by atoms with van der Waals surface area (Å²) in [5.74, 6) is -8.41. The Balaban J connectivity index is 1.59. The number of guanidine groups is 3. The molecule has 32 heteroatoms. The number of anilines is 4. The quantitative estimate of drug-likeness (QED) is 0.0166. The molecule has 4 aromatic carbocycles. The number of carbonyl (C=O) groups is 9. The van der Waals surface area contributed by atoms with Gasteiger partial charge < -0.3 is 106 Å². The Bertz CT molecular complexity index is 3200. The molecule has 4 rings (SSSR count). The molecule has 0 heterocycles. The summed E-state index contributed by atoms with van der Waals surface area (Å²) >= 11 is 0. The number of carboxylic acid groups (broad SMARTS) is 1. The van der Waals surface area contributed by atoms with Crippen molar-refractivity contribution in [3.63, 3.8) is 0 Å². The molecule has 0 aromatic heterocycles. The second-order valence-electron chi connectivity index (χ2n) is 19.0. The number of hydrogen-bond donors (Lipinski definition) is 19. The highest BCUT2D eigenvalue weighted by atomic mass is 16.5. The van der Waals surface area contributed by atoms with Gasteiger partial charge in [-0.3, -0.25) is 59.4 Å². The number of hydrogen-bond acceptors (Lipinski definition) is 17. The molecule has 0 unspecified atom stereocenters. The third-order valence-electron chi connectivity index (χ3n) is 12.7. The number of primary amides is 1. The second kappa shape index (κ2) is 34.0. The third kappa shape index (κ3) is 22.0. The van der Waals surface area contributed by atoms with Gasteiger partial charge in [-0.05, 0) is 118 Å². The number of rotatable bonds is 34. The van der Waals surface area contributed by atoms with Gasteiger partial charge in [0.05, 0.1) is 56.7 Å². The summed E-state index contributed by atoms with van der Waals surface area (Å²) in [5, 5.41) is 58.2. The maximum absolute atomic E-state index is 14.3. The summed E-state index contributed by atoms with van der Waals surface area (Å²) in [6.07, 6.45) is 0.0292. The molecule has 0 saturated carbocycles. The van der Waals surface area contributed by atoms with Crippen LogP contribution in [0.4, 0.5) is 22.7 Å². The van der Waals surface area contributed by atoms with Crippen LogP contribution < -0.4 is 101 Å². The number of benzene rings is 4. The zero-order chi connectivity index (χ0) is 64.3. The molecule has 0 spiro atoms. The highest BCUT2D eigenvalue weighted by molar-refractivity contribution is 6.08. The molecular weight excluding hydrogens is 1140 g/mol. The summed E-state index contributed by atoms with van der Waals surface area (Å²) in [7, 11) is 5.16. The third-order valence-corrected chi connectivity index (χ3v) is 12.7. The minimum Gasteiger partial charge on any atom is -0.496 e. The van der Waals surface area contributed by atoms with E-state index >= 15 is 0 Å². The first-order chi connectivity index (χ1) is 41.4. The Morgan fingerprint density at radius 1 is 0.437 bits per heavy atom. The maximum Gasteiger partial charge on any atom is 0.303 e. The standard InChI is InChI=1S/C55H74N18O14/c1-84-40-16-11-28(24-32(40)45(57)76)68-52(83)39(15-20-44(74)75)73-48(79)35-27-31(14-19-43(35)87-4)70-51(82)38(10-7-23-66-55(62)63)72-47(78)34-26-30(13-18-42(34)86-3)69-50(81)37(9-6-22-65-54(60)61)71-46(77)33-25-29(12-17-41(33)85-2)67-49(80)36(56)8-5-21-64-53(58)59/h11-14,16-19,24-27,36-39H,5-10,15,20-23,56H2,1-4H3,(H2,57,76)(H,67,80)(H,68,83)(H,69,81)(H,70,82)(H,71,77)(H,72,78)(H,73,79)(H,74,75)(H4,58,59,64)(H4,60,61,65)(H4,62,63,66)/t36-,37-,38-,39-/m0/s1. The number of ether oxygens (including phenoxy) is 4. The summed E-state index contributed by atoms with van der Waals surface area (Å²) in [4.78, 5) is 121. The number of methoxy groups -OCH3 is 4. The van der Waals surface area contributed by atoms with Crippen LogP contribution in [0.2, 0.25) is 0 Å². The Kier molecular flexibility index (Phi) is 26.8. The van der Waals surface area contributed by atoms with E-state index in [1.165, 1.54) is 101 Å². The number of nitrogens with two attached hydrogens (primary N) is 5.